The second-order valence-corrected chi connectivity index (χ2v) is 4.33. The summed E-state index contributed by atoms with van der Waals surface area (Å²) < 4.78 is 0. The molecule has 1 unspecified atom stereocenters. The summed E-state index contributed by atoms with van der Waals surface area (Å²) >= 11 is 0. The molecule has 0 aromatic carbocycles. The summed E-state index contributed by atoms with van der Waals surface area (Å²) in [7, 11) is 0. The zero-order valence-electron chi connectivity index (χ0n) is 9.57. The number of carbonyl (C=O) groups is 1. The summed E-state index contributed by atoms with van der Waals surface area (Å²) in [4.78, 5) is 15.6. The smallest absolute Gasteiger partial charge is 0.310 e. The number of aryl methyl sites for hydroxylation is 1. The van der Waals surface area contributed by atoms with Crippen LogP contribution < -0.4 is 0 Å². The summed E-state index contributed by atoms with van der Waals surface area (Å²) in [5.74, 6) is -1.09. The van der Waals surface area contributed by atoms with Gasteiger partial charge in [-0.1, -0.05) is 6.92 Å². The third kappa shape index (κ3) is 1.94. The molecule has 3 nitrogen and oxygen atoms in total. The SMILES string of the molecule is CCC(C(=O)O)c1ccnc2c1CCCC2. The van der Waals surface area contributed by atoms with Gasteiger partial charge in [-0.25, -0.2) is 0 Å². The minimum atomic E-state index is -0.721. The lowest BCUT2D eigenvalue weighted by Crippen LogP contribution is -2.16. The highest BCUT2D eigenvalue weighted by Crippen LogP contribution is 2.29. The number of hydrogen-bond acceptors (Lipinski definition) is 2. The van der Waals surface area contributed by atoms with Crippen LogP contribution in [-0.2, 0) is 17.6 Å². The average molecular weight is 219 g/mol. The second-order valence-electron chi connectivity index (χ2n) is 4.33. The summed E-state index contributed by atoms with van der Waals surface area (Å²) in [6, 6.07) is 1.88. The van der Waals surface area contributed by atoms with Crippen LogP contribution in [0.25, 0.3) is 0 Å². The first-order chi connectivity index (χ1) is 7.74. The summed E-state index contributed by atoms with van der Waals surface area (Å²) in [5, 5.41) is 9.21. The van der Waals surface area contributed by atoms with Crippen LogP contribution in [0.3, 0.4) is 0 Å². The lowest BCUT2D eigenvalue weighted by molar-refractivity contribution is -0.138. The Morgan fingerprint density at radius 2 is 2.25 bits per heavy atom. The first kappa shape index (κ1) is 11.1. The van der Waals surface area contributed by atoms with Crippen molar-refractivity contribution in [3.05, 3.63) is 29.1 Å². The highest BCUT2D eigenvalue weighted by molar-refractivity contribution is 5.76. The Labute approximate surface area is 95.5 Å². The molecule has 2 rings (SSSR count). The van der Waals surface area contributed by atoms with Gasteiger partial charge in [-0.2, -0.15) is 0 Å². The van der Waals surface area contributed by atoms with Gasteiger partial charge in [0, 0.05) is 11.9 Å². The number of carboxylic acids is 1. The third-order valence-electron chi connectivity index (χ3n) is 3.35. The lowest BCUT2D eigenvalue weighted by Gasteiger charge is -2.21. The van der Waals surface area contributed by atoms with Crippen molar-refractivity contribution in [2.45, 2.75) is 44.9 Å². The maximum atomic E-state index is 11.2. The Bertz CT molecular complexity index is 401. The summed E-state index contributed by atoms with van der Waals surface area (Å²) in [6.07, 6.45) is 6.72. The van der Waals surface area contributed by atoms with Crippen molar-refractivity contribution >= 4 is 5.97 Å². The zero-order chi connectivity index (χ0) is 11.5. The molecule has 0 radical (unpaired) electrons. The standard InChI is InChI=1S/C13H17NO2/c1-2-9(13(15)16)10-7-8-14-12-6-4-3-5-11(10)12/h7-9H,2-6H2,1H3,(H,15,16). The van der Waals surface area contributed by atoms with Gasteiger partial charge in [-0.05, 0) is 49.3 Å². The summed E-state index contributed by atoms with van der Waals surface area (Å²) in [5.41, 5.74) is 3.30. The highest BCUT2D eigenvalue weighted by Gasteiger charge is 2.23. The van der Waals surface area contributed by atoms with Crippen molar-refractivity contribution in [2.24, 2.45) is 0 Å². The van der Waals surface area contributed by atoms with E-state index in [4.69, 9.17) is 0 Å². The van der Waals surface area contributed by atoms with E-state index >= 15 is 0 Å². The van der Waals surface area contributed by atoms with Crippen LogP contribution in [0, 0.1) is 0 Å². The van der Waals surface area contributed by atoms with E-state index in [-0.39, 0.29) is 5.92 Å². The fourth-order valence-corrected chi connectivity index (χ4v) is 2.50. The van der Waals surface area contributed by atoms with E-state index in [0.717, 1.165) is 30.5 Å². The molecule has 0 saturated heterocycles. The van der Waals surface area contributed by atoms with Crippen molar-refractivity contribution in [3.63, 3.8) is 0 Å². The number of nitrogens with zero attached hydrogens (tertiary/aromatic N) is 1. The zero-order valence-corrected chi connectivity index (χ0v) is 9.57. The van der Waals surface area contributed by atoms with Gasteiger partial charge in [0.25, 0.3) is 0 Å². The molecule has 0 aliphatic heterocycles. The predicted molar refractivity (Wildman–Crippen MR) is 61.5 cm³/mol. The maximum absolute atomic E-state index is 11.2. The first-order valence-corrected chi connectivity index (χ1v) is 5.93. The van der Waals surface area contributed by atoms with Gasteiger partial charge in [0.2, 0.25) is 0 Å². The molecule has 86 valence electrons. The van der Waals surface area contributed by atoms with Gasteiger partial charge >= 0.3 is 5.97 Å². The van der Waals surface area contributed by atoms with Crippen LogP contribution in [0.1, 0.15) is 48.9 Å². The molecule has 1 atom stereocenters. The molecule has 1 aromatic heterocycles. The fraction of sp³-hybridized carbons (Fsp3) is 0.538. The van der Waals surface area contributed by atoms with Crippen LogP contribution in [0.5, 0.6) is 0 Å². The second kappa shape index (κ2) is 4.64. The molecular weight excluding hydrogens is 202 g/mol. The van der Waals surface area contributed by atoms with E-state index in [1.165, 1.54) is 12.0 Å². The number of carboxylic acid groups (broad SMARTS) is 1. The Morgan fingerprint density at radius 3 is 2.94 bits per heavy atom. The van der Waals surface area contributed by atoms with Crippen molar-refractivity contribution in [2.75, 3.05) is 0 Å². The monoisotopic (exact) mass is 219 g/mol. The molecule has 1 aliphatic carbocycles. The average Bonchev–Trinajstić information content (AvgIpc) is 2.30. The number of fused-ring (bicyclic) bond motifs is 1. The summed E-state index contributed by atoms with van der Waals surface area (Å²) in [6.45, 7) is 1.93. The topological polar surface area (TPSA) is 50.2 Å². The molecule has 0 spiro atoms. The van der Waals surface area contributed by atoms with E-state index < -0.39 is 5.97 Å². The van der Waals surface area contributed by atoms with Crippen LogP contribution in [0.2, 0.25) is 0 Å². The largest absolute Gasteiger partial charge is 0.481 e. The molecule has 16 heavy (non-hydrogen) atoms. The van der Waals surface area contributed by atoms with Gasteiger partial charge in [0.05, 0.1) is 5.92 Å². The maximum Gasteiger partial charge on any atom is 0.310 e. The Balaban J connectivity index is 2.43. The molecule has 1 aromatic rings. The third-order valence-corrected chi connectivity index (χ3v) is 3.35. The van der Waals surface area contributed by atoms with Crippen LogP contribution in [0.4, 0.5) is 0 Å². The Kier molecular flexibility index (Phi) is 3.22. The number of pyridine rings is 1. The molecule has 0 bridgehead atoms. The van der Waals surface area contributed by atoms with Crippen LogP contribution >= 0.6 is 0 Å². The Morgan fingerprint density at radius 1 is 1.50 bits per heavy atom. The molecule has 1 N–H and O–H groups in total. The van der Waals surface area contributed by atoms with Gasteiger partial charge in [0.15, 0.2) is 0 Å². The van der Waals surface area contributed by atoms with Gasteiger partial charge in [-0.15, -0.1) is 0 Å². The minimum Gasteiger partial charge on any atom is -0.481 e. The Hall–Kier alpha value is -1.38. The number of aliphatic carboxylic acids is 1. The molecular formula is C13H17NO2. The molecule has 0 saturated carbocycles. The fourth-order valence-electron chi connectivity index (χ4n) is 2.50. The van der Waals surface area contributed by atoms with Crippen LogP contribution in [-0.4, -0.2) is 16.1 Å². The van der Waals surface area contributed by atoms with Gasteiger partial charge in [0.1, 0.15) is 0 Å². The van der Waals surface area contributed by atoms with Crippen molar-refractivity contribution in [3.8, 4) is 0 Å². The van der Waals surface area contributed by atoms with E-state index in [9.17, 15) is 9.90 Å². The predicted octanol–water partition coefficient (Wildman–Crippen LogP) is 2.54. The molecule has 1 aliphatic rings. The normalized spacial score (nSPS) is 16.6. The number of aromatic nitrogens is 1. The van der Waals surface area contributed by atoms with Crippen LogP contribution in [0.15, 0.2) is 12.3 Å². The molecule has 0 amide bonds. The number of hydrogen-bond donors (Lipinski definition) is 1. The van der Waals surface area contributed by atoms with E-state index in [2.05, 4.69) is 4.98 Å². The quantitative estimate of drug-likeness (QED) is 0.849. The number of rotatable bonds is 3. The van der Waals surface area contributed by atoms with E-state index in [0.29, 0.717) is 6.42 Å². The van der Waals surface area contributed by atoms with Crippen molar-refractivity contribution in [1.29, 1.82) is 0 Å². The molecule has 0 fully saturated rings. The van der Waals surface area contributed by atoms with E-state index in [1.807, 2.05) is 13.0 Å². The van der Waals surface area contributed by atoms with Gasteiger partial charge < -0.3 is 5.11 Å². The van der Waals surface area contributed by atoms with E-state index in [1.54, 1.807) is 6.20 Å². The van der Waals surface area contributed by atoms with Gasteiger partial charge in [-0.3, -0.25) is 9.78 Å². The highest BCUT2D eigenvalue weighted by atomic mass is 16.4. The first-order valence-electron chi connectivity index (χ1n) is 5.93. The molecule has 1 heterocycles. The van der Waals surface area contributed by atoms with Crippen molar-refractivity contribution in [1.82, 2.24) is 4.98 Å². The van der Waals surface area contributed by atoms with Crippen molar-refractivity contribution < 1.29 is 9.90 Å². The molecule has 3 heteroatoms. The minimum absolute atomic E-state index is 0.366. The lowest BCUT2D eigenvalue weighted by atomic mass is 9.86.